The predicted molar refractivity (Wildman–Crippen MR) is 77.9 cm³/mol. The molecule has 2 atom stereocenters. The van der Waals surface area contributed by atoms with Gasteiger partial charge in [-0.25, -0.2) is 0 Å². The Morgan fingerprint density at radius 3 is 2.94 bits per heavy atom. The molecule has 1 aliphatic heterocycles. The number of hydrogen-bond donors (Lipinski definition) is 1. The maximum Gasteiger partial charge on any atom is 0.270 e. The van der Waals surface area contributed by atoms with Crippen LogP contribution in [0, 0.1) is 13.7 Å². The predicted octanol–water partition coefficient (Wildman–Crippen LogP) is 3.18. The van der Waals surface area contributed by atoms with E-state index in [0.29, 0.717) is 6.04 Å². The number of non-ortho nitro benzene ring substituents is 1. The summed E-state index contributed by atoms with van der Waals surface area (Å²) in [5.41, 5.74) is 1.09. The zero-order valence-electron chi connectivity index (χ0n) is 10.1. The average molecular weight is 362 g/mol. The molecule has 1 aliphatic rings. The van der Waals surface area contributed by atoms with Crippen molar-refractivity contribution < 1.29 is 9.66 Å². The van der Waals surface area contributed by atoms with E-state index in [9.17, 15) is 10.1 Å². The zero-order chi connectivity index (χ0) is 13.1. The first-order chi connectivity index (χ1) is 8.56. The van der Waals surface area contributed by atoms with Crippen LogP contribution in [-0.2, 0) is 4.74 Å². The number of benzene rings is 1. The minimum atomic E-state index is -0.373. The van der Waals surface area contributed by atoms with Gasteiger partial charge in [0.1, 0.15) is 0 Å². The molecule has 1 heterocycles. The summed E-state index contributed by atoms with van der Waals surface area (Å²) in [6.07, 6.45) is 2.21. The molecule has 0 aliphatic carbocycles. The molecule has 0 amide bonds. The molecule has 0 bridgehead atoms. The lowest BCUT2D eigenvalue weighted by atomic mass is 10.0. The highest BCUT2D eigenvalue weighted by molar-refractivity contribution is 14.1. The minimum absolute atomic E-state index is 0.130. The molecule has 2 unspecified atom stereocenters. The highest BCUT2D eigenvalue weighted by Gasteiger charge is 2.20. The number of nitrogens with one attached hydrogen (secondary N) is 1. The first kappa shape index (κ1) is 13.5. The van der Waals surface area contributed by atoms with Gasteiger partial charge in [-0.15, -0.1) is 0 Å². The van der Waals surface area contributed by atoms with Crippen LogP contribution < -0.4 is 5.32 Å². The minimum Gasteiger partial charge on any atom is -0.381 e. The van der Waals surface area contributed by atoms with Gasteiger partial charge in [0.2, 0.25) is 0 Å². The Kier molecular flexibility index (Phi) is 4.39. The first-order valence-corrected chi connectivity index (χ1v) is 6.96. The Bertz CT molecular complexity index is 453. The Balaban J connectivity index is 2.07. The Morgan fingerprint density at radius 2 is 2.33 bits per heavy atom. The zero-order valence-corrected chi connectivity index (χ0v) is 12.2. The number of hydrogen-bond acceptors (Lipinski definition) is 4. The van der Waals surface area contributed by atoms with Crippen LogP contribution in [-0.4, -0.2) is 23.7 Å². The van der Waals surface area contributed by atoms with Crippen molar-refractivity contribution in [3.8, 4) is 0 Å². The van der Waals surface area contributed by atoms with E-state index in [1.165, 1.54) is 6.07 Å². The molecule has 1 aromatic carbocycles. The molecular formula is C12H15IN2O3. The number of halogens is 1. The summed E-state index contributed by atoms with van der Waals surface area (Å²) in [7, 11) is 0. The van der Waals surface area contributed by atoms with Crippen molar-refractivity contribution in [2.24, 2.45) is 0 Å². The van der Waals surface area contributed by atoms with Gasteiger partial charge < -0.3 is 10.1 Å². The van der Waals surface area contributed by atoms with Crippen LogP contribution in [0.25, 0.3) is 0 Å². The third kappa shape index (κ3) is 3.32. The van der Waals surface area contributed by atoms with Crippen LogP contribution in [0.1, 0.15) is 19.8 Å². The van der Waals surface area contributed by atoms with Crippen LogP contribution in [0.4, 0.5) is 11.4 Å². The average Bonchev–Trinajstić information content (AvgIpc) is 2.31. The lowest BCUT2D eigenvalue weighted by Gasteiger charge is -2.29. The summed E-state index contributed by atoms with van der Waals surface area (Å²) < 4.78 is 6.37. The van der Waals surface area contributed by atoms with E-state index in [1.807, 2.05) is 0 Å². The van der Waals surface area contributed by atoms with Gasteiger partial charge in [-0.1, -0.05) is 0 Å². The Hall–Kier alpha value is -0.890. The maximum atomic E-state index is 10.7. The third-order valence-electron chi connectivity index (χ3n) is 3.01. The van der Waals surface area contributed by atoms with Crippen molar-refractivity contribution >= 4 is 34.0 Å². The molecule has 2 rings (SSSR count). The molecule has 0 aromatic heterocycles. The van der Waals surface area contributed by atoms with Crippen molar-refractivity contribution in [1.82, 2.24) is 0 Å². The number of nitrogens with zero attached hydrogens (tertiary/aromatic N) is 1. The van der Waals surface area contributed by atoms with Crippen molar-refractivity contribution in [3.63, 3.8) is 0 Å². The Morgan fingerprint density at radius 1 is 1.56 bits per heavy atom. The fourth-order valence-corrected chi connectivity index (χ4v) is 2.74. The van der Waals surface area contributed by atoms with Gasteiger partial charge in [0.15, 0.2) is 0 Å². The van der Waals surface area contributed by atoms with Gasteiger partial charge in [0.25, 0.3) is 5.69 Å². The second-order valence-corrected chi connectivity index (χ2v) is 5.63. The fraction of sp³-hybridized carbons (Fsp3) is 0.500. The second-order valence-electron chi connectivity index (χ2n) is 4.47. The molecule has 0 radical (unpaired) electrons. The van der Waals surface area contributed by atoms with E-state index < -0.39 is 0 Å². The number of ether oxygens (including phenoxy) is 1. The SMILES string of the molecule is CC1CC(Nc2ccc([N+](=O)[O-])cc2I)CCO1. The molecule has 98 valence electrons. The van der Waals surface area contributed by atoms with Gasteiger partial charge in [-0.2, -0.15) is 0 Å². The van der Waals surface area contributed by atoms with Crippen molar-refractivity contribution in [1.29, 1.82) is 0 Å². The van der Waals surface area contributed by atoms with Crippen LogP contribution in [0.5, 0.6) is 0 Å². The topological polar surface area (TPSA) is 64.4 Å². The normalized spacial score (nSPS) is 23.7. The molecule has 0 saturated carbocycles. The summed E-state index contributed by atoms with van der Waals surface area (Å²) in [4.78, 5) is 10.3. The molecule has 6 heteroatoms. The quantitative estimate of drug-likeness (QED) is 0.510. The van der Waals surface area contributed by atoms with Crippen molar-refractivity contribution in [2.45, 2.75) is 31.9 Å². The lowest BCUT2D eigenvalue weighted by Crippen LogP contribution is -2.32. The Labute approximate surface area is 119 Å². The molecule has 1 saturated heterocycles. The highest BCUT2D eigenvalue weighted by Crippen LogP contribution is 2.26. The number of nitro groups is 1. The van der Waals surface area contributed by atoms with E-state index in [0.717, 1.165) is 28.7 Å². The lowest BCUT2D eigenvalue weighted by molar-refractivity contribution is -0.384. The summed E-state index contributed by atoms with van der Waals surface area (Å²) in [5, 5.41) is 14.1. The smallest absolute Gasteiger partial charge is 0.270 e. The summed E-state index contributed by atoms with van der Waals surface area (Å²) >= 11 is 2.12. The number of rotatable bonds is 3. The third-order valence-corrected chi connectivity index (χ3v) is 3.90. The van der Waals surface area contributed by atoms with Crippen molar-refractivity contribution in [3.05, 3.63) is 31.9 Å². The summed E-state index contributed by atoms with van der Waals surface area (Å²) in [5.74, 6) is 0. The van der Waals surface area contributed by atoms with E-state index >= 15 is 0 Å². The standard InChI is InChI=1S/C12H15IN2O3/c1-8-6-9(4-5-18-8)14-12-3-2-10(15(16)17)7-11(12)13/h2-3,7-9,14H,4-6H2,1H3. The molecular weight excluding hydrogens is 347 g/mol. The maximum absolute atomic E-state index is 10.7. The van der Waals surface area contributed by atoms with Gasteiger partial charge >= 0.3 is 0 Å². The van der Waals surface area contributed by atoms with E-state index in [-0.39, 0.29) is 16.7 Å². The number of nitro benzene ring substituents is 1. The van der Waals surface area contributed by atoms with E-state index in [2.05, 4.69) is 34.8 Å². The highest BCUT2D eigenvalue weighted by atomic mass is 127. The van der Waals surface area contributed by atoms with Gasteiger partial charge in [-0.3, -0.25) is 10.1 Å². The summed E-state index contributed by atoms with van der Waals surface area (Å²) in [6.45, 7) is 2.83. The molecule has 0 spiro atoms. The number of anilines is 1. The second kappa shape index (κ2) is 5.83. The van der Waals surface area contributed by atoms with Crippen LogP contribution in [0.2, 0.25) is 0 Å². The van der Waals surface area contributed by atoms with Crippen molar-refractivity contribution in [2.75, 3.05) is 11.9 Å². The van der Waals surface area contributed by atoms with Gasteiger partial charge in [-0.05, 0) is 48.4 Å². The van der Waals surface area contributed by atoms with Crippen LogP contribution in [0.3, 0.4) is 0 Å². The fourth-order valence-electron chi connectivity index (χ4n) is 2.08. The first-order valence-electron chi connectivity index (χ1n) is 5.88. The molecule has 1 fully saturated rings. The molecule has 1 N–H and O–H groups in total. The van der Waals surface area contributed by atoms with Gasteiger partial charge in [0.05, 0.1) is 11.0 Å². The van der Waals surface area contributed by atoms with Gasteiger partial charge in [0, 0.05) is 34.0 Å². The molecule has 1 aromatic rings. The van der Waals surface area contributed by atoms with E-state index in [4.69, 9.17) is 4.74 Å². The van der Waals surface area contributed by atoms with Crippen LogP contribution in [0.15, 0.2) is 18.2 Å². The monoisotopic (exact) mass is 362 g/mol. The van der Waals surface area contributed by atoms with E-state index in [1.54, 1.807) is 12.1 Å². The van der Waals surface area contributed by atoms with Crippen LogP contribution >= 0.6 is 22.6 Å². The summed E-state index contributed by atoms with van der Waals surface area (Å²) in [6, 6.07) is 5.28. The molecule has 5 nitrogen and oxygen atoms in total. The molecule has 18 heavy (non-hydrogen) atoms. The largest absolute Gasteiger partial charge is 0.381 e.